The Hall–Kier alpha value is -1.16. The molecule has 0 spiro atoms. The van der Waals surface area contributed by atoms with Gasteiger partial charge in [0, 0.05) is 13.0 Å². The maximum absolute atomic E-state index is 5.83. The van der Waals surface area contributed by atoms with Crippen LogP contribution in [0.1, 0.15) is 31.2 Å². The Labute approximate surface area is 114 Å². The lowest BCUT2D eigenvalue weighted by Gasteiger charge is -2.25. The fraction of sp³-hybridized carbons (Fsp3) is 0.500. The Bertz CT molecular complexity index is 421. The van der Waals surface area contributed by atoms with E-state index in [2.05, 4.69) is 18.2 Å². The summed E-state index contributed by atoms with van der Waals surface area (Å²) < 4.78 is 17.1. The van der Waals surface area contributed by atoms with Gasteiger partial charge in [-0.2, -0.15) is 0 Å². The molecule has 0 amide bonds. The lowest BCUT2D eigenvalue weighted by molar-refractivity contribution is -0.241. The molecule has 0 aliphatic carbocycles. The molecule has 0 aromatic heterocycles. The largest absolute Gasteiger partial charge is 0.353 e. The van der Waals surface area contributed by atoms with Crippen LogP contribution in [0.25, 0.3) is 6.08 Å². The SMILES string of the molecule is C(=C1/CO[C@H](O[C@H]2CCCCO2)C1)/c1ccccc1. The van der Waals surface area contributed by atoms with E-state index in [-0.39, 0.29) is 12.6 Å². The van der Waals surface area contributed by atoms with E-state index in [4.69, 9.17) is 14.2 Å². The number of ether oxygens (including phenoxy) is 3. The minimum Gasteiger partial charge on any atom is -0.353 e. The standard InChI is InChI=1S/C16H20O3/c1-2-6-13(7-3-1)10-14-11-16(18-12-14)19-15-8-4-5-9-17-15/h1-3,6-7,10,15-16H,4-5,8-9,11-12H2/b14-10-/t15-,16+/m0/s1. The normalized spacial score (nSPS) is 29.8. The molecule has 19 heavy (non-hydrogen) atoms. The van der Waals surface area contributed by atoms with Gasteiger partial charge in [0.2, 0.25) is 0 Å². The second-order valence-electron chi connectivity index (χ2n) is 5.09. The summed E-state index contributed by atoms with van der Waals surface area (Å²) in [5, 5.41) is 0. The van der Waals surface area contributed by atoms with Gasteiger partial charge in [-0.15, -0.1) is 0 Å². The van der Waals surface area contributed by atoms with Gasteiger partial charge in [0.15, 0.2) is 12.6 Å². The summed E-state index contributed by atoms with van der Waals surface area (Å²) in [6.45, 7) is 1.47. The molecule has 3 nitrogen and oxygen atoms in total. The predicted octanol–water partition coefficient (Wildman–Crippen LogP) is 3.36. The summed E-state index contributed by atoms with van der Waals surface area (Å²) in [6.07, 6.45) is 6.12. The van der Waals surface area contributed by atoms with Crippen LogP contribution in [0.15, 0.2) is 35.9 Å². The van der Waals surface area contributed by atoms with Crippen molar-refractivity contribution >= 4 is 6.08 Å². The monoisotopic (exact) mass is 260 g/mol. The third kappa shape index (κ3) is 3.66. The van der Waals surface area contributed by atoms with Crippen molar-refractivity contribution in [3.8, 4) is 0 Å². The van der Waals surface area contributed by atoms with Crippen LogP contribution in [0, 0.1) is 0 Å². The van der Waals surface area contributed by atoms with E-state index in [0.717, 1.165) is 25.9 Å². The van der Waals surface area contributed by atoms with Crippen LogP contribution < -0.4 is 0 Å². The van der Waals surface area contributed by atoms with Crippen molar-refractivity contribution in [2.45, 2.75) is 38.3 Å². The second kappa shape index (κ2) is 6.33. The molecular weight excluding hydrogens is 240 g/mol. The summed E-state index contributed by atoms with van der Waals surface area (Å²) in [5.74, 6) is 0. The Kier molecular flexibility index (Phi) is 4.28. The smallest absolute Gasteiger partial charge is 0.164 e. The highest BCUT2D eigenvalue weighted by Gasteiger charge is 2.25. The third-order valence-corrected chi connectivity index (χ3v) is 3.50. The van der Waals surface area contributed by atoms with Crippen LogP contribution in [0.5, 0.6) is 0 Å². The number of hydrogen-bond acceptors (Lipinski definition) is 3. The van der Waals surface area contributed by atoms with Crippen molar-refractivity contribution < 1.29 is 14.2 Å². The van der Waals surface area contributed by atoms with Gasteiger partial charge in [-0.3, -0.25) is 0 Å². The molecule has 2 aliphatic heterocycles. The van der Waals surface area contributed by atoms with Gasteiger partial charge >= 0.3 is 0 Å². The van der Waals surface area contributed by atoms with Gasteiger partial charge in [0.05, 0.1) is 6.61 Å². The summed E-state index contributed by atoms with van der Waals surface area (Å²) in [6, 6.07) is 10.3. The highest BCUT2D eigenvalue weighted by atomic mass is 16.8. The molecule has 3 rings (SSSR count). The van der Waals surface area contributed by atoms with E-state index in [1.165, 1.54) is 17.6 Å². The third-order valence-electron chi connectivity index (χ3n) is 3.50. The summed E-state index contributed by atoms with van der Waals surface area (Å²) >= 11 is 0. The average Bonchev–Trinajstić information content (AvgIpc) is 2.88. The first-order valence-corrected chi connectivity index (χ1v) is 7.03. The fourth-order valence-electron chi connectivity index (χ4n) is 2.49. The Balaban J connectivity index is 1.53. The van der Waals surface area contributed by atoms with Crippen LogP contribution in [0.2, 0.25) is 0 Å². The molecule has 0 bridgehead atoms. The number of benzene rings is 1. The predicted molar refractivity (Wildman–Crippen MR) is 73.5 cm³/mol. The van der Waals surface area contributed by atoms with Crippen molar-refractivity contribution in [1.82, 2.24) is 0 Å². The minimum absolute atomic E-state index is 0.0742. The number of rotatable bonds is 3. The van der Waals surface area contributed by atoms with E-state index in [1.54, 1.807) is 0 Å². The van der Waals surface area contributed by atoms with Crippen molar-refractivity contribution in [2.24, 2.45) is 0 Å². The van der Waals surface area contributed by atoms with Crippen LogP contribution in [-0.4, -0.2) is 25.8 Å². The molecule has 3 heteroatoms. The molecule has 1 aromatic rings. The second-order valence-corrected chi connectivity index (χ2v) is 5.09. The van der Waals surface area contributed by atoms with Crippen LogP contribution in [-0.2, 0) is 14.2 Å². The first kappa shape index (κ1) is 12.9. The van der Waals surface area contributed by atoms with Gasteiger partial charge in [0.25, 0.3) is 0 Å². The fourth-order valence-corrected chi connectivity index (χ4v) is 2.49. The van der Waals surface area contributed by atoms with Crippen LogP contribution in [0.4, 0.5) is 0 Å². The molecule has 2 saturated heterocycles. The van der Waals surface area contributed by atoms with Crippen molar-refractivity contribution in [3.05, 3.63) is 41.5 Å². The highest BCUT2D eigenvalue weighted by Crippen LogP contribution is 2.25. The van der Waals surface area contributed by atoms with Crippen molar-refractivity contribution in [2.75, 3.05) is 13.2 Å². The van der Waals surface area contributed by atoms with E-state index in [1.807, 2.05) is 18.2 Å². The molecule has 0 saturated carbocycles. The zero-order valence-corrected chi connectivity index (χ0v) is 11.1. The maximum Gasteiger partial charge on any atom is 0.164 e. The zero-order valence-electron chi connectivity index (χ0n) is 11.1. The van der Waals surface area contributed by atoms with Crippen molar-refractivity contribution in [3.63, 3.8) is 0 Å². The molecule has 2 atom stereocenters. The van der Waals surface area contributed by atoms with Gasteiger partial charge in [-0.1, -0.05) is 36.4 Å². The lowest BCUT2D eigenvalue weighted by atomic mass is 10.1. The molecule has 0 N–H and O–H groups in total. The van der Waals surface area contributed by atoms with Gasteiger partial charge in [0.1, 0.15) is 0 Å². The van der Waals surface area contributed by atoms with Gasteiger partial charge in [-0.05, 0) is 30.4 Å². The topological polar surface area (TPSA) is 27.7 Å². The zero-order chi connectivity index (χ0) is 12.9. The maximum atomic E-state index is 5.83. The van der Waals surface area contributed by atoms with Gasteiger partial charge in [-0.25, -0.2) is 0 Å². The molecule has 102 valence electrons. The van der Waals surface area contributed by atoms with Crippen molar-refractivity contribution in [1.29, 1.82) is 0 Å². The lowest BCUT2D eigenvalue weighted by Crippen LogP contribution is -2.27. The molecule has 2 heterocycles. The molecule has 0 radical (unpaired) electrons. The summed E-state index contributed by atoms with van der Waals surface area (Å²) in [4.78, 5) is 0. The van der Waals surface area contributed by atoms with E-state index >= 15 is 0 Å². The van der Waals surface area contributed by atoms with Crippen LogP contribution in [0.3, 0.4) is 0 Å². The molecule has 1 aromatic carbocycles. The van der Waals surface area contributed by atoms with E-state index < -0.39 is 0 Å². The molecule has 0 unspecified atom stereocenters. The van der Waals surface area contributed by atoms with E-state index in [0.29, 0.717) is 6.61 Å². The van der Waals surface area contributed by atoms with Crippen LogP contribution >= 0.6 is 0 Å². The minimum atomic E-state index is -0.141. The Morgan fingerprint density at radius 2 is 1.95 bits per heavy atom. The first-order chi connectivity index (χ1) is 9.40. The Morgan fingerprint density at radius 3 is 2.74 bits per heavy atom. The highest BCUT2D eigenvalue weighted by molar-refractivity contribution is 5.53. The average molecular weight is 260 g/mol. The Morgan fingerprint density at radius 1 is 1.05 bits per heavy atom. The van der Waals surface area contributed by atoms with Gasteiger partial charge < -0.3 is 14.2 Å². The van der Waals surface area contributed by atoms with E-state index in [9.17, 15) is 0 Å². The number of hydrogen-bond donors (Lipinski definition) is 0. The summed E-state index contributed by atoms with van der Waals surface area (Å²) in [5.41, 5.74) is 2.50. The molecular formula is C16H20O3. The molecule has 2 fully saturated rings. The summed E-state index contributed by atoms with van der Waals surface area (Å²) in [7, 11) is 0. The quantitative estimate of drug-likeness (QED) is 0.834. The first-order valence-electron chi connectivity index (χ1n) is 7.03. The molecule has 2 aliphatic rings.